The van der Waals surface area contributed by atoms with Crippen molar-refractivity contribution in [3.05, 3.63) is 47.7 Å². The second-order valence-electron chi connectivity index (χ2n) is 4.57. The number of anilines is 3. The number of aryl methyl sites for hydroxylation is 1. The molecule has 0 aliphatic carbocycles. The van der Waals surface area contributed by atoms with Gasteiger partial charge in [-0.05, 0) is 43.3 Å². The second-order valence-corrected chi connectivity index (χ2v) is 4.57. The monoisotopic (exact) mass is 285 g/mol. The maximum absolute atomic E-state index is 11.0. The van der Waals surface area contributed by atoms with Crippen LogP contribution >= 0.6 is 0 Å². The first-order valence-electron chi connectivity index (χ1n) is 6.31. The molecule has 21 heavy (non-hydrogen) atoms. The van der Waals surface area contributed by atoms with Crippen molar-refractivity contribution in [2.45, 2.75) is 13.8 Å². The Bertz CT molecular complexity index is 681. The fraction of sp³-hybridized carbons (Fsp3) is 0.133. The van der Waals surface area contributed by atoms with E-state index >= 15 is 0 Å². The fourth-order valence-corrected chi connectivity index (χ4v) is 1.84. The topological polar surface area (TPSA) is 91.3 Å². The van der Waals surface area contributed by atoms with Crippen molar-refractivity contribution in [3.63, 3.8) is 0 Å². The molecule has 2 aromatic rings. The van der Waals surface area contributed by atoms with Crippen molar-refractivity contribution < 1.29 is 14.7 Å². The molecule has 0 saturated carbocycles. The molecule has 1 amide bonds. The number of carbonyl (C=O) groups is 2. The minimum absolute atomic E-state index is 0.137. The van der Waals surface area contributed by atoms with E-state index in [0.717, 1.165) is 5.69 Å². The van der Waals surface area contributed by atoms with Gasteiger partial charge in [0.2, 0.25) is 5.91 Å². The number of carboxylic acid groups (broad SMARTS) is 1. The molecule has 0 bridgehead atoms. The summed E-state index contributed by atoms with van der Waals surface area (Å²) < 4.78 is 0. The van der Waals surface area contributed by atoms with Crippen molar-refractivity contribution in [2.24, 2.45) is 0 Å². The van der Waals surface area contributed by atoms with Gasteiger partial charge in [0, 0.05) is 24.0 Å². The van der Waals surface area contributed by atoms with E-state index in [0.29, 0.717) is 17.2 Å². The molecule has 0 atom stereocenters. The molecular weight excluding hydrogens is 270 g/mol. The molecule has 108 valence electrons. The summed E-state index contributed by atoms with van der Waals surface area (Å²) >= 11 is 0. The number of benzene rings is 1. The van der Waals surface area contributed by atoms with E-state index in [1.54, 1.807) is 31.2 Å². The van der Waals surface area contributed by atoms with Gasteiger partial charge < -0.3 is 15.7 Å². The number of pyridine rings is 1. The maximum Gasteiger partial charge on any atom is 0.335 e. The van der Waals surface area contributed by atoms with E-state index in [4.69, 9.17) is 5.11 Å². The third-order valence-corrected chi connectivity index (χ3v) is 2.68. The van der Waals surface area contributed by atoms with Crippen LogP contribution < -0.4 is 10.6 Å². The van der Waals surface area contributed by atoms with Crippen molar-refractivity contribution >= 4 is 29.1 Å². The van der Waals surface area contributed by atoms with Gasteiger partial charge in [0.1, 0.15) is 5.82 Å². The highest BCUT2D eigenvalue weighted by Crippen LogP contribution is 2.19. The SMILES string of the molecule is CC(=O)Nc1ccc(Nc2cc(C(=O)O)cc(C)n2)cc1. The molecule has 0 radical (unpaired) electrons. The number of nitrogens with zero attached hydrogens (tertiary/aromatic N) is 1. The predicted octanol–water partition coefficient (Wildman–Crippen LogP) is 2.79. The van der Waals surface area contributed by atoms with E-state index in [9.17, 15) is 9.59 Å². The number of amides is 1. The molecule has 1 heterocycles. The summed E-state index contributed by atoms with van der Waals surface area (Å²) in [6.07, 6.45) is 0. The predicted molar refractivity (Wildman–Crippen MR) is 80.0 cm³/mol. The van der Waals surface area contributed by atoms with Gasteiger partial charge >= 0.3 is 5.97 Å². The first-order valence-corrected chi connectivity index (χ1v) is 6.31. The van der Waals surface area contributed by atoms with Crippen LogP contribution in [0, 0.1) is 6.92 Å². The molecule has 3 N–H and O–H groups in total. The van der Waals surface area contributed by atoms with E-state index in [-0.39, 0.29) is 11.5 Å². The Morgan fingerprint density at radius 3 is 2.29 bits per heavy atom. The van der Waals surface area contributed by atoms with Crippen LogP contribution in [0.1, 0.15) is 23.0 Å². The lowest BCUT2D eigenvalue weighted by Crippen LogP contribution is -2.05. The molecule has 0 spiro atoms. The number of carbonyl (C=O) groups excluding carboxylic acids is 1. The highest BCUT2D eigenvalue weighted by molar-refractivity contribution is 5.89. The Hall–Kier alpha value is -2.89. The van der Waals surface area contributed by atoms with Gasteiger partial charge in [-0.15, -0.1) is 0 Å². The zero-order valence-electron chi connectivity index (χ0n) is 11.7. The molecule has 0 aliphatic rings. The molecule has 0 aliphatic heterocycles. The number of aromatic nitrogens is 1. The molecule has 0 saturated heterocycles. The largest absolute Gasteiger partial charge is 0.478 e. The molecular formula is C15H15N3O3. The van der Waals surface area contributed by atoms with Gasteiger partial charge in [-0.25, -0.2) is 9.78 Å². The molecule has 0 fully saturated rings. The van der Waals surface area contributed by atoms with E-state index < -0.39 is 5.97 Å². The third-order valence-electron chi connectivity index (χ3n) is 2.68. The van der Waals surface area contributed by atoms with Gasteiger partial charge in [-0.2, -0.15) is 0 Å². The molecule has 6 heteroatoms. The lowest BCUT2D eigenvalue weighted by Gasteiger charge is -2.09. The van der Waals surface area contributed by atoms with Crippen molar-refractivity contribution in [3.8, 4) is 0 Å². The molecule has 6 nitrogen and oxygen atoms in total. The Morgan fingerprint density at radius 2 is 1.71 bits per heavy atom. The number of carboxylic acids is 1. The van der Waals surface area contributed by atoms with E-state index in [1.807, 2.05) is 0 Å². The second kappa shape index (κ2) is 6.04. The van der Waals surface area contributed by atoms with E-state index in [2.05, 4.69) is 15.6 Å². The van der Waals surface area contributed by atoms with Crippen LogP contribution in [0.25, 0.3) is 0 Å². The quantitative estimate of drug-likeness (QED) is 0.803. The lowest BCUT2D eigenvalue weighted by molar-refractivity contribution is -0.114. The van der Waals surface area contributed by atoms with Gasteiger partial charge in [0.05, 0.1) is 5.56 Å². The average molecular weight is 285 g/mol. The van der Waals surface area contributed by atoms with Crippen molar-refractivity contribution in [1.82, 2.24) is 4.98 Å². The number of hydrogen-bond donors (Lipinski definition) is 3. The number of rotatable bonds is 4. The molecule has 0 unspecified atom stereocenters. The summed E-state index contributed by atoms with van der Waals surface area (Å²) in [6.45, 7) is 3.17. The highest BCUT2D eigenvalue weighted by atomic mass is 16.4. The maximum atomic E-state index is 11.0. The van der Waals surface area contributed by atoms with Crippen molar-refractivity contribution in [1.29, 1.82) is 0 Å². The van der Waals surface area contributed by atoms with Crippen LogP contribution in [0.4, 0.5) is 17.2 Å². The summed E-state index contributed by atoms with van der Waals surface area (Å²) in [4.78, 5) is 26.2. The van der Waals surface area contributed by atoms with Crippen LogP contribution in [0.3, 0.4) is 0 Å². The molecule has 1 aromatic heterocycles. The summed E-state index contributed by atoms with van der Waals surface area (Å²) in [6, 6.07) is 10.0. The third kappa shape index (κ3) is 4.04. The zero-order valence-corrected chi connectivity index (χ0v) is 11.7. The Kier molecular flexibility index (Phi) is 4.18. The van der Waals surface area contributed by atoms with Crippen LogP contribution in [0.2, 0.25) is 0 Å². The van der Waals surface area contributed by atoms with E-state index in [1.165, 1.54) is 19.1 Å². The van der Waals surface area contributed by atoms with Crippen LogP contribution in [0.15, 0.2) is 36.4 Å². The zero-order chi connectivity index (χ0) is 15.4. The normalized spacial score (nSPS) is 10.0. The van der Waals surface area contributed by atoms with Crippen LogP contribution in [-0.4, -0.2) is 22.0 Å². The van der Waals surface area contributed by atoms with Gasteiger partial charge in [0.25, 0.3) is 0 Å². The summed E-state index contributed by atoms with van der Waals surface area (Å²) in [5.41, 5.74) is 2.24. The smallest absolute Gasteiger partial charge is 0.335 e. The van der Waals surface area contributed by atoms with Crippen LogP contribution in [0.5, 0.6) is 0 Å². The highest BCUT2D eigenvalue weighted by Gasteiger charge is 2.07. The fourth-order valence-electron chi connectivity index (χ4n) is 1.84. The minimum Gasteiger partial charge on any atom is -0.478 e. The number of hydrogen-bond acceptors (Lipinski definition) is 4. The Morgan fingerprint density at radius 1 is 1.10 bits per heavy atom. The first kappa shape index (κ1) is 14.5. The average Bonchev–Trinajstić information content (AvgIpc) is 2.39. The van der Waals surface area contributed by atoms with Crippen molar-refractivity contribution in [2.75, 3.05) is 10.6 Å². The standard InChI is InChI=1S/C15H15N3O3/c1-9-7-11(15(20)21)8-14(16-9)18-13-5-3-12(4-6-13)17-10(2)19/h3-8H,1-2H3,(H,16,18)(H,17,19)(H,20,21). The summed E-state index contributed by atoms with van der Waals surface area (Å²) in [5, 5.41) is 14.7. The number of nitrogens with one attached hydrogen (secondary N) is 2. The molecule has 1 aromatic carbocycles. The Balaban J connectivity index is 2.18. The van der Waals surface area contributed by atoms with Gasteiger partial charge in [-0.1, -0.05) is 0 Å². The van der Waals surface area contributed by atoms with Crippen LogP contribution in [-0.2, 0) is 4.79 Å². The minimum atomic E-state index is -0.996. The lowest BCUT2D eigenvalue weighted by atomic mass is 10.2. The first-order chi connectivity index (χ1) is 9.94. The van der Waals surface area contributed by atoms with Gasteiger partial charge in [-0.3, -0.25) is 4.79 Å². The van der Waals surface area contributed by atoms with Gasteiger partial charge in [0.15, 0.2) is 0 Å². The summed E-state index contributed by atoms with van der Waals surface area (Å²) in [5.74, 6) is -0.675. The molecule has 2 rings (SSSR count). The summed E-state index contributed by atoms with van der Waals surface area (Å²) in [7, 11) is 0. The number of aromatic carboxylic acids is 1. The Labute approximate surface area is 121 Å².